The Morgan fingerprint density at radius 3 is 2.62 bits per heavy atom. The van der Waals surface area contributed by atoms with Gasteiger partial charge in [0.25, 0.3) is 0 Å². The van der Waals surface area contributed by atoms with E-state index in [1.54, 1.807) is 6.07 Å². The van der Waals surface area contributed by atoms with Crippen molar-refractivity contribution < 1.29 is 9.13 Å². The lowest BCUT2D eigenvalue weighted by Crippen LogP contribution is -2.03. The minimum absolute atomic E-state index is 0.218. The summed E-state index contributed by atoms with van der Waals surface area (Å²) in [6, 6.07) is 12.5. The molecule has 0 unspecified atom stereocenters. The van der Waals surface area contributed by atoms with Crippen molar-refractivity contribution in [3.8, 4) is 11.4 Å². The van der Waals surface area contributed by atoms with Crippen molar-refractivity contribution in [1.82, 2.24) is 9.78 Å². The van der Waals surface area contributed by atoms with Crippen LogP contribution in [-0.2, 0) is 19.4 Å². The predicted molar refractivity (Wildman–Crippen MR) is 101 cm³/mol. The molecule has 0 amide bonds. The van der Waals surface area contributed by atoms with Crippen LogP contribution >= 0.6 is 23.2 Å². The summed E-state index contributed by atoms with van der Waals surface area (Å²) in [5.74, 6) is -0.0831. The molecule has 0 saturated carbocycles. The number of aromatic nitrogens is 2. The summed E-state index contributed by atoms with van der Waals surface area (Å²) in [6.45, 7) is 0.342. The number of hydrogen-bond donors (Lipinski definition) is 0. The van der Waals surface area contributed by atoms with E-state index >= 15 is 0 Å². The Balaban J connectivity index is 1.68. The molecule has 1 aliphatic rings. The average Bonchev–Trinajstić information content (AvgIpc) is 2.99. The van der Waals surface area contributed by atoms with E-state index in [-0.39, 0.29) is 10.7 Å². The van der Waals surface area contributed by atoms with E-state index in [4.69, 9.17) is 27.9 Å². The molecule has 0 N–H and O–H groups in total. The lowest BCUT2D eigenvalue weighted by atomic mass is 9.99. The highest BCUT2D eigenvalue weighted by atomic mass is 35.5. The standard InChI is InChI=1S/C20H17Cl2FN2O/c21-15-10-16(23)18(11-19(15)26-12-13-6-2-1-3-7-13)25-20(22)14-8-4-5-9-17(14)24-25/h1-3,6-7,10-11H,4-5,8-9,12H2. The molecule has 1 aliphatic carbocycles. The van der Waals surface area contributed by atoms with Gasteiger partial charge in [-0.2, -0.15) is 5.10 Å². The van der Waals surface area contributed by atoms with Gasteiger partial charge in [-0.1, -0.05) is 53.5 Å². The Bertz CT molecular complexity index is 941. The molecule has 0 atom stereocenters. The van der Waals surface area contributed by atoms with Gasteiger partial charge in [-0.25, -0.2) is 9.07 Å². The van der Waals surface area contributed by atoms with Gasteiger partial charge in [0.2, 0.25) is 0 Å². The van der Waals surface area contributed by atoms with E-state index in [0.29, 0.717) is 17.5 Å². The van der Waals surface area contributed by atoms with Crippen molar-refractivity contribution in [1.29, 1.82) is 0 Å². The molecule has 0 fully saturated rings. The Hall–Kier alpha value is -2.04. The topological polar surface area (TPSA) is 27.1 Å². The molecule has 134 valence electrons. The molecule has 1 heterocycles. The molecule has 0 bridgehead atoms. The predicted octanol–water partition coefficient (Wildman–Crippen LogP) is 5.78. The SMILES string of the molecule is Fc1cc(Cl)c(OCc2ccccc2)cc1-n1nc2c(c1Cl)CCCC2. The number of benzene rings is 2. The Morgan fingerprint density at radius 1 is 1.08 bits per heavy atom. The molecule has 0 saturated heterocycles. The van der Waals surface area contributed by atoms with Gasteiger partial charge in [-0.05, 0) is 37.3 Å². The van der Waals surface area contributed by atoms with Crippen LogP contribution in [0.4, 0.5) is 4.39 Å². The summed E-state index contributed by atoms with van der Waals surface area (Å²) in [4.78, 5) is 0. The Morgan fingerprint density at radius 2 is 1.85 bits per heavy atom. The third-order valence-corrected chi connectivity index (χ3v) is 5.24. The van der Waals surface area contributed by atoms with Crippen molar-refractivity contribution in [3.05, 3.63) is 75.3 Å². The molecule has 1 aromatic heterocycles. The molecule has 4 rings (SSSR count). The molecule has 0 aliphatic heterocycles. The fourth-order valence-corrected chi connectivity index (χ4v) is 3.74. The summed E-state index contributed by atoms with van der Waals surface area (Å²) in [6.07, 6.45) is 3.90. The van der Waals surface area contributed by atoms with Gasteiger partial charge in [0.1, 0.15) is 23.2 Å². The zero-order valence-electron chi connectivity index (χ0n) is 14.0. The first-order valence-electron chi connectivity index (χ1n) is 8.56. The summed E-state index contributed by atoms with van der Waals surface area (Å²) < 4.78 is 21.8. The fraction of sp³-hybridized carbons (Fsp3) is 0.250. The average molecular weight is 391 g/mol. The van der Waals surface area contributed by atoms with Crippen LogP contribution in [0, 0.1) is 5.82 Å². The van der Waals surface area contributed by atoms with Gasteiger partial charge in [0.05, 0.1) is 10.7 Å². The molecule has 0 spiro atoms. The largest absolute Gasteiger partial charge is 0.487 e. The molecule has 3 aromatic rings. The lowest BCUT2D eigenvalue weighted by Gasteiger charge is -2.12. The van der Waals surface area contributed by atoms with E-state index in [1.807, 2.05) is 30.3 Å². The quantitative estimate of drug-likeness (QED) is 0.564. The van der Waals surface area contributed by atoms with Gasteiger partial charge in [-0.3, -0.25) is 0 Å². The van der Waals surface area contributed by atoms with Gasteiger partial charge < -0.3 is 4.74 Å². The number of rotatable bonds is 4. The second-order valence-electron chi connectivity index (χ2n) is 6.34. The van der Waals surface area contributed by atoms with Crippen molar-refractivity contribution in [2.24, 2.45) is 0 Å². The van der Waals surface area contributed by atoms with E-state index in [0.717, 1.165) is 42.5 Å². The van der Waals surface area contributed by atoms with Gasteiger partial charge >= 0.3 is 0 Å². The van der Waals surface area contributed by atoms with Crippen LogP contribution < -0.4 is 4.74 Å². The molecule has 2 aromatic carbocycles. The summed E-state index contributed by atoms with van der Waals surface area (Å²) in [5, 5.41) is 5.20. The van der Waals surface area contributed by atoms with Crippen LogP contribution in [0.3, 0.4) is 0 Å². The molecule has 0 radical (unpaired) electrons. The minimum Gasteiger partial charge on any atom is -0.487 e. The van der Waals surface area contributed by atoms with E-state index in [1.165, 1.54) is 10.7 Å². The highest BCUT2D eigenvalue weighted by Crippen LogP contribution is 2.34. The minimum atomic E-state index is -0.483. The highest BCUT2D eigenvalue weighted by molar-refractivity contribution is 6.32. The maximum Gasteiger partial charge on any atom is 0.150 e. The summed E-state index contributed by atoms with van der Waals surface area (Å²) >= 11 is 12.6. The van der Waals surface area contributed by atoms with E-state index < -0.39 is 5.82 Å². The summed E-state index contributed by atoms with van der Waals surface area (Å²) in [7, 11) is 0. The molecular formula is C20H17Cl2FN2O. The second kappa shape index (κ2) is 7.29. The van der Waals surface area contributed by atoms with E-state index in [9.17, 15) is 4.39 Å². The maximum atomic E-state index is 14.6. The van der Waals surface area contributed by atoms with Crippen molar-refractivity contribution in [2.75, 3.05) is 0 Å². The van der Waals surface area contributed by atoms with Crippen LogP contribution in [0.15, 0.2) is 42.5 Å². The molecular weight excluding hydrogens is 374 g/mol. The first kappa shape index (κ1) is 17.4. The van der Waals surface area contributed by atoms with Crippen LogP contribution in [0.1, 0.15) is 29.7 Å². The summed E-state index contributed by atoms with van der Waals surface area (Å²) in [5.41, 5.74) is 3.21. The monoisotopic (exact) mass is 390 g/mol. The van der Waals surface area contributed by atoms with Crippen LogP contribution in [0.5, 0.6) is 5.75 Å². The van der Waals surface area contributed by atoms with Crippen molar-refractivity contribution >= 4 is 23.2 Å². The van der Waals surface area contributed by atoms with Crippen LogP contribution in [-0.4, -0.2) is 9.78 Å². The van der Waals surface area contributed by atoms with Gasteiger partial charge in [-0.15, -0.1) is 0 Å². The lowest BCUT2D eigenvalue weighted by molar-refractivity contribution is 0.306. The first-order valence-corrected chi connectivity index (χ1v) is 9.31. The van der Waals surface area contributed by atoms with E-state index in [2.05, 4.69) is 5.10 Å². The van der Waals surface area contributed by atoms with Crippen molar-refractivity contribution in [2.45, 2.75) is 32.3 Å². The highest BCUT2D eigenvalue weighted by Gasteiger charge is 2.22. The molecule has 3 nitrogen and oxygen atoms in total. The van der Waals surface area contributed by atoms with Crippen molar-refractivity contribution in [3.63, 3.8) is 0 Å². The number of halogens is 3. The molecule has 6 heteroatoms. The number of ether oxygens (including phenoxy) is 1. The fourth-order valence-electron chi connectivity index (χ4n) is 3.20. The van der Waals surface area contributed by atoms with Crippen LogP contribution in [0.25, 0.3) is 5.69 Å². The number of nitrogens with zero attached hydrogens (tertiary/aromatic N) is 2. The zero-order chi connectivity index (χ0) is 18.1. The smallest absolute Gasteiger partial charge is 0.150 e. The Labute approximate surface area is 161 Å². The number of aryl methyl sites for hydroxylation is 1. The Kier molecular flexibility index (Phi) is 4.88. The zero-order valence-corrected chi connectivity index (χ0v) is 15.5. The normalized spacial score (nSPS) is 13.5. The second-order valence-corrected chi connectivity index (χ2v) is 7.11. The number of fused-ring (bicyclic) bond motifs is 1. The van der Waals surface area contributed by atoms with Gasteiger partial charge in [0.15, 0.2) is 5.82 Å². The maximum absolute atomic E-state index is 14.6. The first-order chi connectivity index (χ1) is 12.6. The third kappa shape index (κ3) is 3.31. The molecule has 26 heavy (non-hydrogen) atoms. The van der Waals surface area contributed by atoms with Crippen LogP contribution in [0.2, 0.25) is 10.2 Å². The van der Waals surface area contributed by atoms with Gasteiger partial charge in [0, 0.05) is 11.6 Å². The number of hydrogen-bond acceptors (Lipinski definition) is 2. The third-order valence-electron chi connectivity index (χ3n) is 4.56.